The molecule has 1 aromatic carbocycles. The van der Waals surface area contributed by atoms with Crippen LogP contribution in [0, 0.1) is 15.9 Å². The lowest BCUT2D eigenvalue weighted by atomic mass is 9.92. The zero-order valence-electron chi connectivity index (χ0n) is 10.8. The van der Waals surface area contributed by atoms with E-state index >= 15 is 0 Å². The molecule has 2 N–H and O–H groups in total. The van der Waals surface area contributed by atoms with Crippen LogP contribution in [0.25, 0.3) is 0 Å². The highest BCUT2D eigenvalue weighted by Gasteiger charge is 2.36. The van der Waals surface area contributed by atoms with E-state index in [0.717, 1.165) is 18.9 Å². The van der Waals surface area contributed by atoms with Crippen molar-refractivity contribution in [3.8, 4) is 0 Å². The van der Waals surface area contributed by atoms with Gasteiger partial charge in [-0.1, -0.05) is 12.8 Å². The molecule has 0 unspecified atom stereocenters. The van der Waals surface area contributed by atoms with Gasteiger partial charge < -0.3 is 10.4 Å². The molecular weight excluding hydrogens is 267 g/mol. The van der Waals surface area contributed by atoms with Gasteiger partial charge in [-0.3, -0.25) is 14.9 Å². The summed E-state index contributed by atoms with van der Waals surface area (Å²) >= 11 is 0. The van der Waals surface area contributed by atoms with Gasteiger partial charge in [0.05, 0.1) is 23.1 Å². The molecule has 0 aromatic heterocycles. The molecule has 0 amide bonds. The van der Waals surface area contributed by atoms with E-state index in [1.807, 2.05) is 0 Å². The molecule has 0 heterocycles. The van der Waals surface area contributed by atoms with Crippen LogP contribution in [-0.4, -0.2) is 21.5 Å². The Morgan fingerprint density at radius 3 is 2.60 bits per heavy atom. The Morgan fingerprint density at radius 1 is 1.45 bits per heavy atom. The van der Waals surface area contributed by atoms with E-state index in [2.05, 4.69) is 5.32 Å². The third-order valence-corrected chi connectivity index (χ3v) is 3.61. The first-order chi connectivity index (χ1) is 9.42. The number of carboxylic acids is 1. The zero-order valence-corrected chi connectivity index (χ0v) is 10.8. The van der Waals surface area contributed by atoms with Gasteiger partial charge in [-0.15, -0.1) is 0 Å². The van der Waals surface area contributed by atoms with E-state index in [0.29, 0.717) is 12.8 Å². The second kappa shape index (κ2) is 5.44. The first-order valence-corrected chi connectivity index (χ1v) is 6.36. The number of aliphatic carboxylic acids is 1. The third-order valence-electron chi connectivity index (χ3n) is 3.61. The quantitative estimate of drug-likeness (QED) is 0.639. The van der Waals surface area contributed by atoms with Crippen LogP contribution >= 0.6 is 0 Å². The number of rotatable bonds is 5. The molecule has 1 fully saturated rings. The molecule has 1 saturated carbocycles. The monoisotopic (exact) mass is 282 g/mol. The Hall–Kier alpha value is -2.18. The molecule has 6 nitrogen and oxygen atoms in total. The van der Waals surface area contributed by atoms with Crippen LogP contribution in [0.1, 0.15) is 32.1 Å². The highest BCUT2D eigenvalue weighted by Crippen LogP contribution is 2.37. The van der Waals surface area contributed by atoms with Crippen molar-refractivity contribution in [1.29, 1.82) is 0 Å². The number of non-ortho nitro benzene ring substituents is 1. The lowest BCUT2D eigenvalue weighted by molar-refractivity contribution is -0.385. The van der Waals surface area contributed by atoms with E-state index in [1.54, 1.807) is 0 Å². The van der Waals surface area contributed by atoms with Crippen molar-refractivity contribution in [2.45, 2.75) is 37.6 Å². The van der Waals surface area contributed by atoms with E-state index in [4.69, 9.17) is 5.11 Å². The molecule has 108 valence electrons. The summed E-state index contributed by atoms with van der Waals surface area (Å²) in [5, 5.41) is 22.5. The average molecular weight is 282 g/mol. The summed E-state index contributed by atoms with van der Waals surface area (Å²) in [6.07, 6.45) is 2.97. The number of halogens is 1. The van der Waals surface area contributed by atoms with Gasteiger partial charge in [0.15, 0.2) is 5.82 Å². The second-order valence-corrected chi connectivity index (χ2v) is 5.10. The van der Waals surface area contributed by atoms with Crippen molar-refractivity contribution in [2.75, 3.05) is 5.32 Å². The number of carboxylic acid groups (broad SMARTS) is 1. The SMILES string of the molecule is O=C(O)CC1(Nc2ccc([N+](=O)[O-])cc2F)CCCC1. The second-order valence-electron chi connectivity index (χ2n) is 5.10. The highest BCUT2D eigenvalue weighted by molar-refractivity contribution is 5.70. The third kappa shape index (κ3) is 3.04. The Bertz CT molecular complexity index is 541. The summed E-state index contributed by atoms with van der Waals surface area (Å²) < 4.78 is 13.9. The van der Waals surface area contributed by atoms with Crippen LogP contribution in [0.5, 0.6) is 0 Å². The molecule has 1 aromatic rings. The van der Waals surface area contributed by atoms with Crippen molar-refractivity contribution in [3.05, 3.63) is 34.1 Å². The molecule has 0 atom stereocenters. The number of benzene rings is 1. The predicted octanol–water partition coefficient (Wildman–Crippen LogP) is 2.93. The summed E-state index contributed by atoms with van der Waals surface area (Å²) in [6, 6.07) is 3.33. The van der Waals surface area contributed by atoms with Gasteiger partial charge in [0.1, 0.15) is 0 Å². The van der Waals surface area contributed by atoms with Crippen LogP contribution in [0.15, 0.2) is 18.2 Å². The normalized spacial score (nSPS) is 16.9. The smallest absolute Gasteiger partial charge is 0.305 e. The van der Waals surface area contributed by atoms with Crippen molar-refractivity contribution < 1.29 is 19.2 Å². The average Bonchev–Trinajstić information content (AvgIpc) is 2.79. The molecule has 20 heavy (non-hydrogen) atoms. The van der Waals surface area contributed by atoms with E-state index < -0.39 is 22.2 Å². The number of nitro benzene ring substituents is 1. The fourth-order valence-corrected chi connectivity index (χ4v) is 2.69. The standard InChI is InChI=1S/C13H15FN2O4/c14-10-7-9(16(19)20)3-4-11(10)15-13(8-12(17)18)5-1-2-6-13/h3-4,7,15H,1-2,5-6,8H2,(H,17,18). The van der Waals surface area contributed by atoms with Crippen LogP contribution in [0.3, 0.4) is 0 Å². The molecule has 1 aliphatic carbocycles. The van der Waals surface area contributed by atoms with Gasteiger partial charge in [-0.05, 0) is 18.9 Å². The van der Waals surface area contributed by atoms with Crippen LogP contribution in [0.4, 0.5) is 15.8 Å². The Balaban J connectivity index is 2.23. The Kier molecular flexibility index (Phi) is 3.87. The number of nitro groups is 1. The summed E-state index contributed by atoms with van der Waals surface area (Å²) in [4.78, 5) is 20.8. The van der Waals surface area contributed by atoms with Gasteiger partial charge in [0, 0.05) is 11.6 Å². The fourth-order valence-electron chi connectivity index (χ4n) is 2.69. The number of nitrogens with one attached hydrogen (secondary N) is 1. The number of hydrogen-bond donors (Lipinski definition) is 2. The molecule has 1 aliphatic rings. The number of carbonyl (C=O) groups is 1. The molecule has 0 saturated heterocycles. The van der Waals surface area contributed by atoms with Gasteiger partial charge in [-0.2, -0.15) is 0 Å². The number of hydrogen-bond acceptors (Lipinski definition) is 4. The lowest BCUT2D eigenvalue weighted by Gasteiger charge is -2.30. The highest BCUT2D eigenvalue weighted by atomic mass is 19.1. The lowest BCUT2D eigenvalue weighted by Crippen LogP contribution is -2.37. The van der Waals surface area contributed by atoms with E-state index in [-0.39, 0.29) is 17.8 Å². The van der Waals surface area contributed by atoms with Gasteiger partial charge in [0.25, 0.3) is 5.69 Å². The molecular formula is C13H15FN2O4. The first-order valence-electron chi connectivity index (χ1n) is 6.36. The van der Waals surface area contributed by atoms with E-state index in [9.17, 15) is 19.3 Å². The van der Waals surface area contributed by atoms with Crippen molar-refractivity contribution in [1.82, 2.24) is 0 Å². The molecule has 0 aliphatic heterocycles. The summed E-state index contributed by atoms with van der Waals surface area (Å²) in [5.41, 5.74) is -0.881. The predicted molar refractivity (Wildman–Crippen MR) is 70.1 cm³/mol. The van der Waals surface area contributed by atoms with Gasteiger partial charge in [0.2, 0.25) is 0 Å². The van der Waals surface area contributed by atoms with E-state index in [1.165, 1.54) is 12.1 Å². The molecule has 0 spiro atoms. The summed E-state index contributed by atoms with van der Waals surface area (Å²) in [5.74, 6) is -1.68. The minimum absolute atomic E-state index is 0.0938. The van der Waals surface area contributed by atoms with Crippen LogP contribution < -0.4 is 5.32 Å². The van der Waals surface area contributed by atoms with Gasteiger partial charge in [-0.25, -0.2) is 4.39 Å². The maximum atomic E-state index is 13.9. The number of nitrogens with zero attached hydrogens (tertiary/aromatic N) is 1. The Morgan fingerprint density at radius 2 is 2.10 bits per heavy atom. The first kappa shape index (κ1) is 14.2. The largest absolute Gasteiger partial charge is 0.481 e. The van der Waals surface area contributed by atoms with Crippen LogP contribution in [0.2, 0.25) is 0 Å². The Labute approximate surface area is 114 Å². The topological polar surface area (TPSA) is 92.5 Å². The summed E-state index contributed by atoms with van der Waals surface area (Å²) in [7, 11) is 0. The van der Waals surface area contributed by atoms with Gasteiger partial charge >= 0.3 is 5.97 Å². The zero-order chi connectivity index (χ0) is 14.8. The van der Waals surface area contributed by atoms with Crippen molar-refractivity contribution in [3.63, 3.8) is 0 Å². The van der Waals surface area contributed by atoms with Crippen molar-refractivity contribution in [2.24, 2.45) is 0 Å². The summed E-state index contributed by atoms with van der Waals surface area (Å²) in [6.45, 7) is 0. The molecule has 2 rings (SSSR count). The fraction of sp³-hybridized carbons (Fsp3) is 0.462. The minimum Gasteiger partial charge on any atom is -0.481 e. The van der Waals surface area contributed by atoms with Crippen molar-refractivity contribution >= 4 is 17.3 Å². The maximum absolute atomic E-state index is 13.9. The maximum Gasteiger partial charge on any atom is 0.305 e. The minimum atomic E-state index is -0.943. The molecule has 7 heteroatoms. The number of anilines is 1. The van der Waals surface area contributed by atoms with Crippen LogP contribution in [-0.2, 0) is 4.79 Å². The molecule has 0 radical (unpaired) electrons. The molecule has 0 bridgehead atoms.